The summed E-state index contributed by atoms with van der Waals surface area (Å²) in [7, 11) is 0. The second kappa shape index (κ2) is 6.03. The zero-order valence-electron chi connectivity index (χ0n) is 15.1. The smallest absolute Gasteiger partial charge is 0.102 e. The van der Waals surface area contributed by atoms with Gasteiger partial charge in [-0.25, -0.2) is 4.68 Å². The van der Waals surface area contributed by atoms with Gasteiger partial charge in [-0.15, -0.1) is 5.10 Å². The number of rotatable bonds is 3. The first kappa shape index (κ1) is 15.9. The molecule has 1 aliphatic heterocycles. The van der Waals surface area contributed by atoms with Gasteiger partial charge >= 0.3 is 0 Å². The molecule has 0 atom stereocenters. The number of nitrogens with zero attached hydrogens (tertiary/aromatic N) is 4. The normalized spacial score (nSPS) is 14.0. The van der Waals surface area contributed by atoms with Crippen LogP contribution in [0, 0.1) is 0 Å². The second-order valence-electron chi connectivity index (χ2n) is 7.75. The lowest BCUT2D eigenvalue weighted by molar-refractivity contribution is 0.590. The zero-order chi connectivity index (χ0) is 17.4. The fourth-order valence-electron chi connectivity index (χ4n) is 3.38. The van der Waals surface area contributed by atoms with E-state index < -0.39 is 0 Å². The minimum absolute atomic E-state index is 0.162. The number of para-hydroxylation sites is 1. The van der Waals surface area contributed by atoms with Gasteiger partial charge in [0.1, 0.15) is 5.69 Å². The molecule has 4 heteroatoms. The maximum atomic E-state index is 4.37. The summed E-state index contributed by atoms with van der Waals surface area (Å²) in [5, 5.41) is 8.69. The van der Waals surface area contributed by atoms with Gasteiger partial charge in [-0.05, 0) is 41.2 Å². The van der Waals surface area contributed by atoms with Crippen LogP contribution in [0.5, 0.6) is 0 Å². The monoisotopic (exact) mass is 332 g/mol. The molecule has 0 unspecified atom stereocenters. The van der Waals surface area contributed by atoms with Gasteiger partial charge in [0.2, 0.25) is 0 Å². The number of anilines is 1. The van der Waals surface area contributed by atoms with Crippen LogP contribution in [0.25, 0.3) is 5.69 Å². The molecule has 4 rings (SSSR count). The molecule has 2 heterocycles. The molecular formula is C21H24N4. The summed E-state index contributed by atoms with van der Waals surface area (Å²) in [6.07, 6.45) is 3.14. The van der Waals surface area contributed by atoms with Crippen molar-refractivity contribution in [2.24, 2.45) is 0 Å². The Morgan fingerprint density at radius 3 is 2.52 bits per heavy atom. The van der Waals surface area contributed by atoms with Crippen molar-refractivity contribution in [3.63, 3.8) is 0 Å². The van der Waals surface area contributed by atoms with Crippen LogP contribution in [0.15, 0.2) is 54.7 Å². The minimum atomic E-state index is 0.162. The van der Waals surface area contributed by atoms with Crippen LogP contribution in [0.1, 0.15) is 37.6 Å². The molecule has 2 aromatic carbocycles. The number of hydrogen-bond acceptors (Lipinski definition) is 3. The highest BCUT2D eigenvalue weighted by atomic mass is 15.4. The summed E-state index contributed by atoms with van der Waals surface area (Å²) in [6.45, 7) is 8.53. The average Bonchev–Trinajstić information content (AvgIpc) is 3.22. The van der Waals surface area contributed by atoms with Crippen molar-refractivity contribution in [1.29, 1.82) is 0 Å². The molecule has 0 radical (unpaired) electrons. The van der Waals surface area contributed by atoms with E-state index in [4.69, 9.17) is 0 Å². The van der Waals surface area contributed by atoms with Crippen LogP contribution in [0.2, 0.25) is 0 Å². The van der Waals surface area contributed by atoms with Gasteiger partial charge in [-0.2, -0.15) is 0 Å². The third kappa shape index (κ3) is 3.16. The van der Waals surface area contributed by atoms with Gasteiger partial charge in [0.05, 0.1) is 18.4 Å². The molecule has 0 amide bonds. The fourth-order valence-corrected chi connectivity index (χ4v) is 3.38. The molecule has 0 saturated heterocycles. The zero-order valence-corrected chi connectivity index (χ0v) is 15.1. The van der Waals surface area contributed by atoms with Crippen molar-refractivity contribution in [3.05, 3.63) is 71.5 Å². The Balaban J connectivity index is 1.51. The number of benzene rings is 2. The van der Waals surface area contributed by atoms with Crippen molar-refractivity contribution in [2.45, 2.75) is 39.2 Å². The molecule has 0 fully saturated rings. The standard InChI is InChI=1S/C21H24N4/c1-21(2,3)17-8-10-19(11-9-17)25-15-18(22-23-25)14-24-13-12-16-6-4-5-7-20(16)24/h4-11,15H,12-14H2,1-3H3. The van der Waals surface area contributed by atoms with Gasteiger partial charge in [-0.3, -0.25) is 0 Å². The summed E-state index contributed by atoms with van der Waals surface area (Å²) >= 11 is 0. The molecule has 0 bridgehead atoms. The SMILES string of the molecule is CC(C)(C)c1ccc(-n2cc(CN3CCc4ccccc43)nn2)cc1. The Labute approximate surface area is 149 Å². The summed E-state index contributed by atoms with van der Waals surface area (Å²) in [5.41, 5.74) is 6.28. The van der Waals surface area contributed by atoms with E-state index in [1.54, 1.807) is 0 Å². The Morgan fingerprint density at radius 1 is 1.00 bits per heavy atom. The first-order valence-electron chi connectivity index (χ1n) is 8.86. The molecule has 1 aromatic heterocycles. The van der Waals surface area contributed by atoms with Crippen LogP contribution in [0.4, 0.5) is 5.69 Å². The maximum absolute atomic E-state index is 4.37. The highest BCUT2D eigenvalue weighted by Gasteiger charge is 2.19. The first-order chi connectivity index (χ1) is 12.0. The summed E-state index contributed by atoms with van der Waals surface area (Å²) in [4.78, 5) is 2.38. The maximum Gasteiger partial charge on any atom is 0.102 e. The molecule has 128 valence electrons. The lowest BCUT2D eigenvalue weighted by atomic mass is 9.87. The molecule has 0 aliphatic carbocycles. The molecule has 0 saturated carbocycles. The highest BCUT2D eigenvalue weighted by Crippen LogP contribution is 2.28. The number of fused-ring (bicyclic) bond motifs is 1. The topological polar surface area (TPSA) is 34.0 Å². The molecule has 0 N–H and O–H groups in total. The van der Waals surface area contributed by atoms with Gasteiger partial charge in [0.15, 0.2) is 0 Å². The minimum Gasteiger partial charge on any atom is -0.365 e. The summed E-state index contributed by atoms with van der Waals surface area (Å²) < 4.78 is 1.86. The van der Waals surface area contributed by atoms with Gasteiger partial charge in [-0.1, -0.05) is 56.3 Å². The van der Waals surface area contributed by atoms with Crippen molar-refractivity contribution >= 4 is 5.69 Å². The number of hydrogen-bond donors (Lipinski definition) is 0. The Morgan fingerprint density at radius 2 is 1.76 bits per heavy atom. The van der Waals surface area contributed by atoms with Gasteiger partial charge < -0.3 is 4.90 Å². The van der Waals surface area contributed by atoms with E-state index in [1.165, 1.54) is 16.8 Å². The highest BCUT2D eigenvalue weighted by molar-refractivity contribution is 5.57. The molecule has 25 heavy (non-hydrogen) atoms. The Hall–Kier alpha value is -2.62. The van der Waals surface area contributed by atoms with Crippen LogP contribution >= 0.6 is 0 Å². The molecule has 1 aliphatic rings. The molecule has 4 nitrogen and oxygen atoms in total. The van der Waals surface area contributed by atoms with E-state index in [-0.39, 0.29) is 5.41 Å². The van der Waals surface area contributed by atoms with Crippen LogP contribution in [-0.2, 0) is 18.4 Å². The van der Waals surface area contributed by atoms with Crippen molar-refractivity contribution in [1.82, 2.24) is 15.0 Å². The predicted molar refractivity (Wildman–Crippen MR) is 101 cm³/mol. The molecule has 0 spiro atoms. The summed E-state index contributed by atoms with van der Waals surface area (Å²) in [5.74, 6) is 0. The predicted octanol–water partition coefficient (Wildman–Crippen LogP) is 4.13. The quantitative estimate of drug-likeness (QED) is 0.723. The third-order valence-electron chi connectivity index (χ3n) is 4.87. The Bertz CT molecular complexity index is 871. The molecular weight excluding hydrogens is 308 g/mol. The Kier molecular flexibility index (Phi) is 3.83. The van der Waals surface area contributed by atoms with Crippen LogP contribution < -0.4 is 4.90 Å². The first-order valence-corrected chi connectivity index (χ1v) is 8.86. The van der Waals surface area contributed by atoms with E-state index in [1.807, 2.05) is 10.9 Å². The van der Waals surface area contributed by atoms with Gasteiger partial charge in [0.25, 0.3) is 0 Å². The van der Waals surface area contributed by atoms with Crippen molar-refractivity contribution in [2.75, 3.05) is 11.4 Å². The fraction of sp³-hybridized carbons (Fsp3) is 0.333. The average molecular weight is 332 g/mol. The van der Waals surface area contributed by atoms with Crippen molar-refractivity contribution < 1.29 is 0 Å². The third-order valence-corrected chi connectivity index (χ3v) is 4.87. The van der Waals surface area contributed by atoms with E-state index >= 15 is 0 Å². The van der Waals surface area contributed by atoms with Crippen LogP contribution in [-0.4, -0.2) is 21.5 Å². The second-order valence-corrected chi connectivity index (χ2v) is 7.75. The van der Waals surface area contributed by atoms with E-state index in [0.29, 0.717) is 0 Å². The van der Waals surface area contributed by atoms with Crippen molar-refractivity contribution in [3.8, 4) is 5.69 Å². The van der Waals surface area contributed by atoms with E-state index in [0.717, 1.165) is 30.9 Å². The van der Waals surface area contributed by atoms with Crippen LogP contribution in [0.3, 0.4) is 0 Å². The largest absolute Gasteiger partial charge is 0.365 e. The summed E-state index contributed by atoms with van der Waals surface area (Å²) in [6, 6.07) is 17.2. The lowest BCUT2D eigenvalue weighted by Gasteiger charge is -2.19. The number of aromatic nitrogens is 3. The van der Waals surface area contributed by atoms with Gasteiger partial charge in [0, 0.05) is 12.2 Å². The molecule has 3 aromatic rings. The van der Waals surface area contributed by atoms with E-state index in [9.17, 15) is 0 Å². The van der Waals surface area contributed by atoms with E-state index in [2.05, 4.69) is 84.5 Å². The lowest BCUT2D eigenvalue weighted by Crippen LogP contribution is -2.19.